The van der Waals surface area contributed by atoms with Crippen molar-refractivity contribution in [1.82, 2.24) is 4.90 Å². The first-order chi connectivity index (χ1) is 11.9. The van der Waals surface area contributed by atoms with E-state index in [9.17, 15) is 13.2 Å². The first kappa shape index (κ1) is 18.1. The molecule has 0 saturated carbocycles. The Morgan fingerprint density at radius 3 is 2.84 bits per heavy atom. The van der Waals surface area contributed by atoms with Crippen molar-refractivity contribution < 1.29 is 13.2 Å². The van der Waals surface area contributed by atoms with E-state index >= 15 is 0 Å². The van der Waals surface area contributed by atoms with Crippen LogP contribution in [-0.4, -0.2) is 31.8 Å². The summed E-state index contributed by atoms with van der Waals surface area (Å²) in [5.41, 5.74) is 0.426. The molecule has 0 spiro atoms. The molecule has 25 heavy (non-hydrogen) atoms. The van der Waals surface area contributed by atoms with E-state index in [-0.39, 0.29) is 22.9 Å². The van der Waals surface area contributed by atoms with Crippen LogP contribution in [0.3, 0.4) is 0 Å². The van der Waals surface area contributed by atoms with Crippen molar-refractivity contribution in [2.24, 2.45) is 5.14 Å². The summed E-state index contributed by atoms with van der Waals surface area (Å²) in [5, 5.41) is 9.99. The number of hydrogen-bond donors (Lipinski definition) is 2. The summed E-state index contributed by atoms with van der Waals surface area (Å²) in [6.07, 6.45) is 2.10. The average Bonchev–Trinajstić information content (AvgIpc) is 3.24. The number of nitrogens with zero attached hydrogens (tertiary/aromatic N) is 1. The Labute approximate surface area is 151 Å². The second kappa shape index (κ2) is 7.25. The van der Waals surface area contributed by atoms with Crippen LogP contribution in [-0.2, 0) is 14.8 Å². The number of carbonyl (C=O) groups is 1. The molecule has 3 rings (SSSR count). The molecule has 1 aromatic heterocycles. The predicted molar refractivity (Wildman–Crippen MR) is 98.9 cm³/mol. The van der Waals surface area contributed by atoms with Crippen molar-refractivity contribution in [3.63, 3.8) is 0 Å². The van der Waals surface area contributed by atoms with Gasteiger partial charge in [0.1, 0.15) is 0 Å². The smallest absolute Gasteiger partial charge is 0.241 e. The number of anilines is 1. The third-order valence-corrected chi connectivity index (χ3v) is 6.36. The molecule has 8 heteroatoms. The molecular weight excluding hydrogens is 358 g/mol. The molecule has 3 N–H and O–H groups in total. The fourth-order valence-corrected chi connectivity index (χ4v) is 4.63. The van der Waals surface area contributed by atoms with Crippen LogP contribution in [0.15, 0.2) is 46.7 Å². The Morgan fingerprint density at radius 2 is 2.16 bits per heavy atom. The van der Waals surface area contributed by atoms with Crippen molar-refractivity contribution in [3.8, 4) is 0 Å². The van der Waals surface area contributed by atoms with Gasteiger partial charge in [-0.3, -0.25) is 9.69 Å². The van der Waals surface area contributed by atoms with Gasteiger partial charge >= 0.3 is 0 Å². The number of rotatable bonds is 5. The van der Waals surface area contributed by atoms with E-state index < -0.39 is 10.0 Å². The van der Waals surface area contributed by atoms with E-state index in [1.165, 1.54) is 17.0 Å². The van der Waals surface area contributed by atoms with Crippen molar-refractivity contribution in [2.75, 3.05) is 11.9 Å². The van der Waals surface area contributed by atoms with Gasteiger partial charge in [-0.25, -0.2) is 13.6 Å². The lowest BCUT2D eigenvalue weighted by Gasteiger charge is -2.29. The third kappa shape index (κ3) is 4.09. The predicted octanol–water partition coefficient (Wildman–Crippen LogP) is 2.56. The Balaban J connectivity index is 1.73. The van der Waals surface area contributed by atoms with Gasteiger partial charge in [0.15, 0.2) is 0 Å². The molecule has 0 bridgehead atoms. The van der Waals surface area contributed by atoms with Gasteiger partial charge in [0.25, 0.3) is 0 Å². The van der Waals surface area contributed by atoms with Crippen molar-refractivity contribution in [1.29, 1.82) is 0 Å². The Bertz CT molecular complexity index is 850. The normalized spacial score (nSPS) is 19.7. The Morgan fingerprint density at radius 1 is 1.36 bits per heavy atom. The first-order valence-electron chi connectivity index (χ1n) is 8.09. The molecule has 0 unspecified atom stereocenters. The highest BCUT2D eigenvalue weighted by molar-refractivity contribution is 7.89. The molecule has 1 aliphatic rings. The van der Waals surface area contributed by atoms with Gasteiger partial charge in [-0.2, -0.15) is 0 Å². The third-order valence-electron chi connectivity index (χ3n) is 4.47. The number of sulfonamides is 1. The van der Waals surface area contributed by atoms with Crippen LogP contribution in [0, 0.1) is 0 Å². The maximum atomic E-state index is 12.6. The largest absolute Gasteiger partial charge is 0.325 e. The highest BCUT2D eigenvalue weighted by Crippen LogP contribution is 2.36. The maximum Gasteiger partial charge on any atom is 0.241 e. The van der Waals surface area contributed by atoms with E-state index in [1.54, 1.807) is 23.5 Å². The van der Waals surface area contributed by atoms with Crippen LogP contribution in [0.25, 0.3) is 0 Å². The minimum Gasteiger partial charge on any atom is -0.325 e. The molecule has 2 aromatic rings. The summed E-state index contributed by atoms with van der Waals surface area (Å²) in [5.74, 6) is -0.157. The second-order valence-corrected chi connectivity index (χ2v) is 8.69. The van der Waals surface area contributed by atoms with Crippen LogP contribution < -0.4 is 10.5 Å². The zero-order chi connectivity index (χ0) is 18.0. The summed E-state index contributed by atoms with van der Waals surface area (Å²) in [6, 6.07) is 10.1. The molecular formula is C17H21N3O3S2. The number of thiophene rings is 1. The van der Waals surface area contributed by atoms with Gasteiger partial charge in [-0.1, -0.05) is 12.1 Å². The van der Waals surface area contributed by atoms with Gasteiger partial charge < -0.3 is 5.32 Å². The number of carbonyl (C=O) groups excluding carboxylic acids is 1. The second-order valence-electron chi connectivity index (χ2n) is 6.15. The van der Waals surface area contributed by atoms with E-state index in [0.717, 1.165) is 19.4 Å². The van der Waals surface area contributed by atoms with Crippen LogP contribution in [0.1, 0.15) is 30.7 Å². The number of benzene rings is 1. The van der Waals surface area contributed by atoms with Crippen LogP contribution in [0.4, 0.5) is 5.69 Å². The molecule has 1 fully saturated rings. The summed E-state index contributed by atoms with van der Waals surface area (Å²) in [4.78, 5) is 16.1. The first-order valence-corrected chi connectivity index (χ1v) is 10.5. The molecule has 1 aromatic carbocycles. The molecule has 2 atom stereocenters. The van der Waals surface area contributed by atoms with Crippen LogP contribution >= 0.6 is 11.3 Å². The standard InChI is InChI=1S/C17H21N3O3S2/c1-12(20-9-3-7-15(20)16-8-4-10-24-16)17(21)19-13-5-2-6-14(11-13)25(18,22)23/h2,4-6,8,10-12,15H,3,7,9H2,1H3,(H,19,21)(H2,18,22,23)/t12-,15+/m0/s1. The number of likely N-dealkylation sites (tertiary alicyclic amines) is 1. The molecule has 2 heterocycles. The molecule has 0 radical (unpaired) electrons. The monoisotopic (exact) mass is 379 g/mol. The minimum absolute atomic E-state index is 0.0180. The topological polar surface area (TPSA) is 92.5 Å². The van der Waals surface area contributed by atoms with Gasteiger partial charge in [0.2, 0.25) is 15.9 Å². The molecule has 1 saturated heterocycles. The lowest BCUT2D eigenvalue weighted by Crippen LogP contribution is -2.41. The fraction of sp³-hybridized carbons (Fsp3) is 0.353. The SMILES string of the molecule is C[C@@H](C(=O)Nc1cccc(S(N)(=O)=O)c1)N1CCC[C@@H]1c1cccs1. The maximum absolute atomic E-state index is 12.6. The highest BCUT2D eigenvalue weighted by atomic mass is 32.2. The molecule has 1 amide bonds. The molecule has 134 valence electrons. The summed E-state index contributed by atoms with van der Waals surface area (Å²) < 4.78 is 22.9. The van der Waals surface area contributed by atoms with Gasteiger partial charge in [0, 0.05) is 16.6 Å². The Hall–Kier alpha value is -1.74. The average molecular weight is 380 g/mol. The number of nitrogens with one attached hydrogen (secondary N) is 1. The van der Waals surface area contributed by atoms with E-state index in [0.29, 0.717) is 5.69 Å². The zero-order valence-corrected chi connectivity index (χ0v) is 15.5. The number of nitrogens with two attached hydrogens (primary N) is 1. The van der Waals surface area contributed by atoms with Gasteiger partial charge in [0.05, 0.1) is 10.9 Å². The van der Waals surface area contributed by atoms with Crippen molar-refractivity contribution >= 4 is 33.0 Å². The van der Waals surface area contributed by atoms with Crippen molar-refractivity contribution in [2.45, 2.75) is 36.7 Å². The Kier molecular flexibility index (Phi) is 5.24. The number of primary sulfonamides is 1. The summed E-state index contributed by atoms with van der Waals surface area (Å²) >= 11 is 1.71. The summed E-state index contributed by atoms with van der Waals surface area (Å²) in [7, 11) is -3.80. The van der Waals surface area contributed by atoms with E-state index in [4.69, 9.17) is 5.14 Å². The lowest BCUT2D eigenvalue weighted by atomic mass is 10.1. The molecule has 6 nitrogen and oxygen atoms in total. The quantitative estimate of drug-likeness (QED) is 0.835. The lowest BCUT2D eigenvalue weighted by molar-refractivity contribution is -0.121. The fourth-order valence-electron chi connectivity index (χ4n) is 3.19. The molecule has 1 aliphatic heterocycles. The van der Waals surface area contributed by atoms with E-state index in [2.05, 4.69) is 21.7 Å². The van der Waals surface area contributed by atoms with Gasteiger partial charge in [-0.05, 0) is 56.0 Å². The summed E-state index contributed by atoms with van der Waals surface area (Å²) in [6.45, 7) is 2.75. The zero-order valence-electron chi connectivity index (χ0n) is 13.9. The minimum atomic E-state index is -3.80. The van der Waals surface area contributed by atoms with Crippen LogP contribution in [0.5, 0.6) is 0 Å². The van der Waals surface area contributed by atoms with Crippen molar-refractivity contribution in [3.05, 3.63) is 46.7 Å². The van der Waals surface area contributed by atoms with E-state index in [1.807, 2.05) is 13.0 Å². The highest BCUT2D eigenvalue weighted by Gasteiger charge is 2.33. The van der Waals surface area contributed by atoms with Gasteiger partial charge in [-0.15, -0.1) is 11.3 Å². The number of amides is 1. The van der Waals surface area contributed by atoms with Crippen LogP contribution in [0.2, 0.25) is 0 Å². The number of hydrogen-bond acceptors (Lipinski definition) is 5. The molecule has 0 aliphatic carbocycles.